The van der Waals surface area contributed by atoms with Gasteiger partial charge >= 0.3 is 0 Å². The Labute approximate surface area is 183 Å². The quantitative estimate of drug-likeness (QED) is 0.498. The number of para-hydroxylation sites is 1. The van der Waals surface area contributed by atoms with Crippen molar-refractivity contribution in [3.05, 3.63) is 81.8 Å². The van der Waals surface area contributed by atoms with E-state index in [0.717, 1.165) is 0 Å². The number of amides is 1. The molecule has 5 nitrogen and oxygen atoms in total. The van der Waals surface area contributed by atoms with Crippen LogP contribution in [-0.2, 0) is 14.6 Å². The monoisotopic (exact) mass is 468 g/mol. The second kappa shape index (κ2) is 9.05. The average molecular weight is 470 g/mol. The number of anilines is 2. The van der Waals surface area contributed by atoms with Gasteiger partial charge in [0.1, 0.15) is 0 Å². The summed E-state index contributed by atoms with van der Waals surface area (Å²) in [7, 11) is -4.02. The molecule has 0 radical (unpaired) electrons. The second-order valence-corrected chi connectivity index (χ2v) is 9.07. The summed E-state index contributed by atoms with van der Waals surface area (Å²) < 4.78 is 26.0. The minimum absolute atomic E-state index is 0.0334. The molecule has 0 aliphatic carbocycles. The average Bonchev–Trinajstić information content (AvgIpc) is 2.69. The zero-order valence-electron chi connectivity index (χ0n) is 14.8. The first-order valence-electron chi connectivity index (χ1n) is 8.36. The highest BCUT2D eigenvalue weighted by Gasteiger charge is 2.25. The van der Waals surface area contributed by atoms with Gasteiger partial charge in [-0.15, -0.1) is 0 Å². The van der Waals surface area contributed by atoms with Crippen LogP contribution in [0.2, 0.25) is 15.1 Å². The molecule has 0 aliphatic heterocycles. The molecule has 0 saturated carbocycles. The van der Waals surface area contributed by atoms with E-state index in [-0.39, 0.29) is 37.3 Å². The van der Waals surface area contributed by atoms with Crippen LogP contribution >= 0.6 is 34.8 Å². The fourth-order valence-electron chi connectivity index (χ4n) is 2.56. The second-order valence-electron chi connectivity index (χ2n) is 5.96. The van der Waals surface area contributed by atoms with E-state index >= 15 is 0 Å². The summed E-state index contributed by atoms with van der Waals surface area (Å²) in [6, 6.07) is 17.6. The molecule has 0 aromatic heterocycles. The minimum atomic E-state index is -4.02. The third kappa shape index (κ3) is 5.03. The zero-order valence-corrected chi connectivity index (χ0v) is 17.9. The number of carbonyl (C=O) groups excluding carboxylic acids is 1. The number of carbonyl (C=O) groups is 1. The van der Waals surface area contributed by atoms with Crippen molar-refractivity contribution < 1.29 is 13.2 Å². The van der Waals surface area contributed by atoms with E-state index in [0.29, 0.717) is 11.4 Å². The van der Waals surface area contributed by atoms with Crippen LogP contribution in [0.15, 0.2) is 76.5 Å². The molecule has 150 valence electrons. The number of hydrogen-bond donors (Lipinski definition) is 2. The van der Waals surface area contributed by atoms with Crippen LogP contribution in [0.1, 0.15) is 0 Å². The highest BCUT2D eigenvalue weighted by Crippen LogP contribution is 2.36. The van der Waals surface area contributed by atoms with Crippen LogP contribution < -0.4 is 10.6 Å². The van der Waals surface area contributed by atoms with Gasteiger partial charge in [-0.25, -0.2) is 8.42 Å². The van der Waals surface area contributed by atoms with Gasteiger partial charge in [0.2, 0.25) is 15.7 Å². The highest BCUT2D eigenvalue weighted by atomic mass is 35.5. The Morgan fingerprint density at radius 3 is 2.31 bits per heavy atom. The number of sulfone groups is 1. The van der Waals surface area contributed by atoms with E-state index in [9.17, 15) is 13.2 Å². The van der Waals surface area contributed by atoms with Crippen molar-refractivity contribution in [2.75, 3.05) is 17.2 Å². The van der Waals surface area contributed by atoms with Crippen LogP contribution in [0.5, 0.6) is 0 Å². The minimum Gasteiger partial charge on any atom is -0.375 e. The third-order valence-electron chi connectivity index (χ3n) is 3.93. The first-order valence-corrected chi connectivity index (χ1v) is 11.0. The van der Waals surface area contributed by atoms with Gasteiger partial charge in [0.05, 0.1) is 32.1 Å². The summed E-state index contributed by atoms with van der Waals surface area (Å²) in [6.45, 7) is -0.101. The Hall–Kier alpha value is -2.25. The van der Waals surface area contributed by atoms with Crippen LogP contribution in [0.4, 0.5) is 11.4 Å². The SMILES string of the molecule is O=C(CNc1cccc(S(=O)(=O)c2cc(Cl)ccc2Cl)c1Cl)Nc1ccccc1. The van der Waals surface area contributed by atoms with Crippen LogP contribution in [0, 0.1) is 0 Å². The number of nitrogens with one attached hydrogen (secondary N) is 2. The number of benzene rings is 3. The molecule has 29 heavy (non-hydrogen) atoms. The lowest BCUT2D eigenvalue weighted by molar-refractivity contribution is -0.114. The maximum absolute atomic E-state index is 13.0. The summed E-state index contributed by atoms with van der Waals surface area (Å²) in [4.78, 5) is 11.8. The number of hydrogen-bond acceptors (Lipinski definition) is 4. The van der Waals surface area contributed by atoms with E-state index in [2.05, 4.69) is 10.6 Å². The van der Waals surface area contributed by atoms with Crippen molar-refractivity contribution in [1.82, 2.24) is 0 Å². The van der Waals surface area contributed by atoms with E-state index in [4.69, 9.17) is 34.8 Å². The molecule has 0 atom stereocenters. The first kappa shape index (κ1) is 21.5. The lowest BCUT2D eigenvalue weighted by Crippen LogP contribution is -2.22. The van der Waals surface area contributed by atoms with E-state index in [1.807, 2.05) is 6.07 Å². The molecule has 3 aromatic carbocycles. The predicted octanol–water partition coefficient (Wildman–Crippen LogP) is 5.53. The molecule has 2 N–H and O–H groups in total. The Kier molecular flexibility index (Phi) is 6.70. The molecule has 0 unspecified atom stereocenters. The largest absolute Gasteiger partial charge is 0.375 e. The van der Waals surface area contributed by atoms with E-state index in [1.54, 1.807) is 30.3 Å². The smallest absolute Gasteiger partial charge is 0.243 e. The van der Waals surface area contributed by atoms with Crippen LogP contribution in [0.25, 0.3) is 0 Å². The van der Waals surface area contributed by atoms with Gasteiger partial charge in [0.15, 0.2) is 0 Å². The number of rotatable bonds is 6. The van der Waals surface area contributed by atoms with Gasteiger partial charge < -0.3 is 10.6 Å². The molecule has 0 aliphatic rings. The summed E-state index contributed by atoms with van der Waals surface area (Å²) in [5, 5.41) is 5.80. The fraction of sp³-hybridized carbons (Fsp3) is 0.0500. The molecule has 0 spiro atoms. The molecular formula is C20H15Cl3N2O3S. The zero-order chi connectivity index (χ0) is 21.0. The van der Waals surface area contributed by atoms with Gasteiger partial charge in [0.25, 0.3) is 0 Å². The molecule has 9 heteroatoms. The maximum Gasteiger partial charge on any atom is 0.243 e. The first-order chi connectivity index (χ1) is 13.8. The Balaban J connectivity index is 1.82. The van der Waals surface area contributed by atoms with Crippen molar-refractivity contribution >= 4 is 61.9 Å². The molecule has 3 rings (SSSR count). The van der Waals surface area contributed by atoms with Crippen LogP contribution in [0.3, 0.4) is 0 Å². The summed E-state index contributed by atoms with van der Waals surface area (Å²) >= 11 is 18.3. The van der Waals surface area contributed by atoms with Gasteiger partial charge in [-0.2, -0.15) is 0 Å². The topological polar surface area (TPSA) is 75.3 Å². The third-order valence-corrected chi connectivity index (χ3v) is 6.96. The summed E-state index contributed by atoms with van der Waals surface area (Å²) in [5.41, 5.74) is 0.950. The van der Waals surface area contributed by atoms with Crippen molar-refractivity contribution in [1.29, 1.82) is 0 Å². The Morgan fingerprint density at radius 2 is 1.59 bits per heavy atom. The van der Waals surface area contributed by atoms with E-state index < -0.39 is 9.84 Å². The van der Waals surface area contributed by atoms with Gasteiger partial charge in [-0.1, -0.05) is 59.1 Å². The maximum atomic E-state index is 13.0. The molecule has 0 fully saturated rings. The molecule has 0 bridgehead atoms. The highest BCUT2D eigenvalue weighted by molar-refractivity contribution is 7.91. The lowest BCUT2D eigenvalue weighted by Gasteiger charge is -2.13. The molecule has 0 heterocycles. The summed E-state index contributed by atoms with van der Waals surface area (Å²) in [6.07, 6.45) is 0. The molecule has 3 aromatic rings. The number of halogens is 3. The molecular weight excluding hydrogens is 455 g/mol. The van der Waals surface area contributed by atoms with E-state index in [1.165, 1.54) is 30.3 Å². The standard InChI is InChI=1S/C20H15Cl3N2O3S/c21-13-9-10-15(22)18(11-13)29(27,28)17-8-4-7-16(20(17)23)24-12-19(26)25-14-5-2-1-3-6-14/h1-11,24H,12H2,(H,25,26). The fourth-order valence-corrected chi connectivity index (χ4v) is 5.16. The van der Waals surface area contributed by atoms with Crippen LogP contribution in [-0.4, -0.2) is 20.9 Å². The van der Waals surface area contributed by atoms with Crippen molar-refractivity contribution in [3.8, 4) is 0 Å². The lowest BCUT2D eigenvalue weighted by atomic mass is 10.3. The molecule has 0 saturated heterocycles. The Morgan fingerprint density at radius 1 is 0.862 bits per heavy atom. The predicted molar refractivity (Wildman–Crippen MR) is 117 cm³/mol. The van der Waals surface area contributed by atoms with Gasteiger partial charge in [0, 0.05) is 10.7 Å². The van der Waals surface area contributed by atoms with Crippen molar-refractivity contribution in [3.63, 3.8) is 0 Å². The summed E-state index contributed by atoms with van der Waals surface area (Å²) in [5.74, 6) is -0.307. The van der Waals surface area contributed by atoms with Crippen molar-refractivity contribution in [2.45, 2.75) is 9.79 Å². The van der Waals surface area contributed by atoms with Gasteiger partial charge in [-0.05, 0) is 42.5 Å². The van der Waals surface area contributed by atoms with Crippen molar-refractivity contribution in [2.24, 2.45) is 0 Å². The normalized spacial score (nSPS) is 11.1. The molecule has 1 amide bonds. The van der Waals surface area contributed by atoms with Gasteiger partial charge in [-0.3, -0.25) is 4.79 Å². The Bertz CT molecular complexity index is 1150.